The van der Waals surface area contributed by atoms with Crippen LogP contribution in [0, 0.1) is 0 Å². The Bertz CT molecular complexity index is 972. The van der Waals surface area contributed by atoms with Gasteiger partial charge in [0.1, 0.15) is 5.69 Å². The summed E-state index contributed by atoms with van der Waals surface area (Å²) in [6.07, 6.45) is 3.35. The number of pyridine rings is 1. The SMILES string of the molecule is CC(=O)N1CCC(NC(=O)c2nc(-c3ccccc3)cc3[nH]ccc23)CC1. The third kappa shape index (κ3) is 3.56. The largest absolute Gasteiger partial charge is 0.361 e. The standard InChI is InChI=1S/C21H22N4O2/c1-14(26)25-11-8-16(9-12-25)23-21(27)20-17-7-10-22-19(17)13-18(24-20)15-5-3-2-4-6-15/h2-7,10,13,16,22H,8-9,11-12H2,1H3,(H,23,27). The van der Waals surface area contributed by atoms with Gasteiger partial charge in [-0.25, -0.2) is 4.98 Å². The quantitative estimate of drug-likeness (QED) is 0.752. The van der Waals surface area contributed by atoms with Crippen LogP contribution < -0.4 is 5.32 Å². The molecule has 6 nitrogen and oxygen atoms in total. The molecule has 138 valence electrons. The van der Waals surface area contributed by atoms with Gasteiger partial charge in [-0.1, -0.05) is 30.3 Å². The molecule has 0 spiro atoms. The minimum atomic E-state index is -0.168. The molecule has 0 unspecified atom stereocenters. The summed E-state index contributed by atoms with van der Waals surface area (Å²) < 4.78 is 0. The molecule has 6 heteroatoms. The van der Waals surface area contributed by atoms with Crippen molar-refractivity contribution in [3.05, 3.63) is 54.4 Å². The highest BCUT2D eigenvalue weighted by molar-refractivity contribution is 6.05. The molecule has 0 atom stereocenters. The first kappa shape index (κ1) is 17.3. The number of aromatic nitrogens is 2. The lowest BCUT2D eigenvalue weighted by Crippen LogP contribution is -2.46. The Hall–Kier alpha value is -3.15. The van der Waals surface area contributed by atoms with Crippen LogP contribution in [0.4, 0.5) is 0 Å². The zero-order chi connectivity index (χ0) is 18.8. The molecule has 3 aromatic rings. The van der Waals surface area contributed by atoms with Crippen LogP contribution in [0.15, 0.2) is 48.7 Å². The maximum Gasteiger partial charge on any atom is 0.270 e. The Labute approximate surface area is 157 Å². The number of H-pyrrole nitrogens is 1. The van der Waals surface area contributed by atoms with Crippen LogP contribution >= 0.6 is 0 Å². The van der Waals surface area contributed by atoms with Crippen LogP contribution in [0.3, 0.4) is 0 Å². The van der Waals surface area contributed by atoms with E-state index < -0.39 is 0 Å². The van der Waals surface area contributed by atoms with Crippen molar-refractivity contribution >= 4 is 22.7 Å². The van der Waals surface area contributed by atoms with Gasteiger partial charge in [0.2, 0.25) is 5.91 Å². The van der Waals surface area contributed by atoms with Crippen molar-refractivity contribution in [2.24, 2.45) is 0 Å². The second-order valence-corrected chi connectivity index (χ2v) is 6.91. The maximum atomic E-state index is 13.0. The highest BCUT2D eigenvalue weighted by Gasteiger charge is 2.24. The number of benzene rings is 1. The lowest BCUT2D eigenvalue weighted by Gasteiger charge is -2.31. The van der Waals surface area contributed by atoms with Crippen molar-refractivity contribution in [2.45, 2.75) is 25.8 Å². The van der Waals surface area contributed by atoms with E-state index in [1.54, 1.807) is 6.92 Å². The number of carbonyl (C=O) groups is 2. The van der Waals surface area contributed by atoms with Gasteiger partial charge in [-0.3, -0.25) is 9.59 Å². The van der Waals surface area contributed by atoms with Gasteiger partial charge in [0.15, 0.2) is 0 Å². The summed E-state index contributed by atoms with van der Waals surface area (Å²) in [7, 11) is 0. The number of fused-ring (bicyclic) bond motifs is 1. The fourth-order valence-corrected chi connectivity index (χ4v) is 3.58. The van der Waals surface area contributed by atoms with E-state index in [2.05, 4.69) is 15.3 Å². The van der Waals surface area contributed by atoms with Crippen LogP contribution in [0.1, 0.15) is 30.3 Å². The van der Waals surface area contributed by atoms with E-state index in [9.17, 15) is 9.59 Å². The lowest BCUT2D eigenvalue weighted by molar-refractivity contribution is -0.129. The third-order valence-corrected chi connectivity index (χ3v) is 5.11. The first-order valence-corrected chi connectivity index (χ1v) is 9.22. The van der Waals surface area contributed by atoms with Crippen molar-refractivity contribution in [2.75, 3.05) is 13.1 Å². The number of piperidine rings is 1. The maximum absolute atomic E-state index is 13.0. The number of likely N-dealkylation sites (tertiary alicyclic amines) is 1. The predicted molar refractivity (Wildman–Crippen MR) is 104 cm³/mol. The Morgan fingerprint density at radius 1 is 1.15 bits per heavy atom. The van der Waals surface area contributed by atoms with Crippen molar-refractivity contribution in [1.29, 1.82) is 0 Å². The topological polar surface area (TPSA) is 78.1 Å². The molecule has 27 heavy (non-hydrogen) atoms. The van der Waals surface area contributed by atoms with Gasteiger partial charge in [-0.2, -0.15) is 0 Å². The number of carbonyl (C=O) groups excluding carboxylic acids is 2. The molecule has 0 saturated carbocycles. The Balaban J connectivity index is 1.58. The molecule has 1 aliphatic rings. The normalized spacial score (nSPS) is 15.1. The van der Waals surface area contributed by atoms with Crippen molar-refractivity contribution in [3.63, 3.8) is 0 Å². The number of hydrogen-bond acceptors (Lipinski definition) is 3. The van der Waals surface area contributed by atoms with Gasteiger partial charge in [-0.15, -0.1) is 0 Å². The van der Waals surface area contributed by atoms with Crippen LogP contribution in [-0.2, 0) is 4.79 Å². The molecular formula is C21H22N4O2. The van der Waals surface area contributed by atoms with Gasteiger partial charge in [0, 0.05) is 48.7 Å². The molecule has 0 aliphatic carbocycles. The molecule has 1 fully saturated rings. The van der Waals surface area contributed by atoms with Gasteiger partial charge in [0.25, 0.3) is 5.91 Å². The first-order valence-electron chi connectivity index (χ1n) is 9.22. The summed E-state index contributed by atoms with van der Waals surface area (Å²) in [5.74, 6) is -0.0790. The monoisotopic (exact) mass is 362 g/mol. The molecule has 3 heterocycles. The van der Waals surface area contributed by atoms with Crippen molar-refractivity contribution in [3.8, 4) is 11.3 Å². The predicted octanol–water partition coefficient (Wildman–Crippen LogP) is 2.97. The number of amides is 2. The Kier molecular flexibility index (Phi) is 4.62. The van der Waals surface area contributed by atoms with Gasteiger partial charge in [0.05, 0.1) is 5.69 Å². The van der Waals surface area contributed by atoms with Crippen molar-refractivity contribution < 1.29 is 9.59 Å². The fraction of sp³-hybridized carbons (Fsp3) is 0.286. The van der Waals surface area contributed by atoms with E-state index in [4.69, 9.17) is 0 Å². The molecule has 2 amide bonds. The first-order chi connectivity index (χ1) is 13.1. The van der Waals surface area contributed by atoms with Crippen LogP contribution in [0.2, 0.25) is 0 Å². The zero-order valence-electron chi connectivity index (χ0n) is 15.2. The number of nitrogens with zero attached hydrogens (tertiary/aromatic N) is 2. The fourth-order valence-electron chi connectivity index (χ4n) is 3.58. The number of aromatic amines is 1. The zero-order valence-corrected chi connectivity index (χ0v) is 15.2. The van der Waals surface area contributed by atoms with Crippen LogP contribution in [0.25, 0.3) is 22.2 Å². The summed E-state index contributed by atoms with van der Waals surface area (Å²) >= 11 is 0. The molecule has 1 aliphatic heterocycles. The molecule has 4 rings (SSSR count). The average Bonchev–Trinajstić information content (AvgIpc) is 3.17. The molecule has 0 radical (unpaired) electrons. The van der Waals surface area contributed by atoms with E-state index in [0.717, 1.165) is 35.0 Å². The Morgan fingerprint density at radius 3 is 2.59 bits per heavy atom. The number of hydrogen-bond donors (Lipinski definition) is 2. The van der Waals surface area contributed by atoms with E-state index in [-0.39, 0.29) is 17.9 Å². The second-order valence-electron chi connectivity index (χ2n) is 6.91. The van der Waals surface area contributed by atoms with E-state index in [1.165, 1.54) is 0 Å². The van der Waals surface area contributed by atoms with Crippen molar-refractivity contribution in [1.82, 2.24) is 20.2 Å². The molecule has 1 aromatic carbocycles. The summed E-state index contributed by atoms with van der Waals surface area (Å²) in [4.78, 5) is 34.1. The Morgan fingerprint density at radius 2 is 1.89 bits per heavy atom. The highest BCUT2D eigenvalue weighted by Crippen LogP contribution is 2.24. The van der Waals surface area contributed by atoms with E-state index in [0.29, 0.717) is 18.8 Å². The van der Waals surface area contributed by atoms with Gasteiger partial charge >= 0.3 is 0 Å². The smallest absolute Gasteiger partial charge is 0.270 e. The minimum Gasteiger partial charge on any atom is -0.361 e. The second kappa shape index (κ2) is 7.23. The summed E-state index contributed by atoms with van der Waals surface area (Å²) in [6, 6.07) is 13.7. The van der Waals surface area contributed by atoms with E-state index in [1.807, 2.05) is 53.6 Å². The average molecular weight is 362 g/mol. The minimum absolute atomic E-state index is 0.0595. The number of nitrogens with one attached hydrogen (secondary N) is 2. The van der Waals surface area contributed by atoms with E-state index >= 15 is 0 Å². The molecule has 1 saturated heterocycles. The van der Waals surface area contributed by atoms with Gasteiger partial charge in [-0.05, 0) is 25.0 Å². The molecule has 0 bridgehead atoms. The molecule has 2 aromatic heterocycles. The molecular weight excluding hydrogens is 340 g/mol. The molecule has 2 N–H and O–H groups in total. The summed E-state index contributed by atoms with van der Waals surface area (Å²) in [5, 5.41) is 3.92. The highest BCUT2D eigenvalue weighted by atomic mass is 16.2. The summed E-state index contributed by atoms with van der Waals surface area (Å²) in [5.41, 5.74) is 3.06. The van der Waals surface area contributed by atoms with Gasteiger partial charge < -0.3 is 15.2 Å². The van der Waals surface area contributed by atoms with Crippen LogP contribution in [0.5, 0.6) is 0 Å². The third-order valence-electron chi connectivity index (χ3n) is 5.11. The lowest BCUT2D eigenvalue weighted by atomic mass is 10.0. The van der Waals surface area contributed by atoms with Crippen LogP contribution in [-0.4, -0.2) is 45.8 Å². The summed E-state index contributed by atoms with van der Waals surface area (Å²) in [6.45, 7) is 2.94. The number of rotatable bonds is 3.